The molecule has 0 N–H and O–H groups in total. The van der Waals surface area contributed by atoms with Gasteiger partial charge in [0.15, 0.2) is 11.5 Å². The molecule has 0 radical (unpaired) electrons. The van der Waals surface area contributed by atoms with E-state index in [1.54, 1.807) is 0 Å². The lowest BCUT2D eigenvalue weighted by Crippen LogP contribution is -2.46. The van der Waals surface area contributed by atoms with Gasteiger partial charge in [-0.1, -0.05) is 6.07 Å². The van der Waals surface area contributed by atoms with E-state index in [0.29, 0.717) is 12.7 Å². The fourth-order valence-corrected chi connectivity index (χ4v) is 3.06. The van der Waals surface area contributed by atoms with E-state index in [1.807, 2.05) is 6.07 Å². The van der Waals surface area contributed by atoms with Crippen molar-refractivity contribution in [2.75, 3.05) is 52.1 Å². The molecule has 0 spiro atoms. The maximum absolute atomic E-state index is 5.45. The van der Waals surface area contributed by atoms with E-state index < -0.39 is 0 Å². The molecule has 1 aromatic heterocycles. The summed E-state index contributed by atoms with van der Waals surface area (Å²) < 4.78 is 21.1. The van der Waals surface area contributed by atoms with Crippen LogP contribution in [-0.4, -0.2) is 67.0 Å². The van der Waals surface area contributed by atoms with Gasteiger partial charge < -0.3 is 23.8 Å². The van der Waals surface area contributed by atoms with Crippen LogP contribution in [0.15, 0.2) is 18.2 Å². The number of hydrogen-bond acceptors (Lipinski definition) is 9. The van der Waals surface area contributed by atoms with Crippen LogP contribution in [0.25, 0.3) is 0 Å². The number of hydrogen-bond donors (Lipinski definition) is 0. The Morgan fingerprint density at radius 1 is 0.926 bits per heavy atom. The number of nitrogens with zero attached hydrogens (tertiary/aromatic N) is 5. The Labute approximate surface area is 163 Å². The maximum atomic E-state index is 5.45. The summed E-state index contributed by atoms with van der Waals surface area (Å²) in [6.45, 7) is 4.63. The van der Waals surface area contributed by atoms with E-state index in [4.69, 9.17) is 18.9 Å². The lowest BCUT2D eigenvalue weighted by atomic mass is 10.1. The zero-order valence-electron chi connectivity index (χ0n) is 15.3. The highest BCUT2D eigenvalue weighted by Crippen LogP contribution is 2.32. The van der Waals surface area contributed by atoms with Crippen molar-refractivity contribution in [1.82, 2.24) is 19.9 Å². The van der Waals surface area contributed by atoms with E-state index in [1.165, 1.54) is 19.8 Å². The first-order valence-corrected chi connectivity index (χ1v) is 8.45. The highest BCUT2D eigenvalue weighted by Gasteiger charge is 2.22. The van der Waals surface area contributed by atoms with Gasteiger partial charge in [0, 0.05) is 32.7 Å². The summed E-state index contributed by atoms with van der Waals surface area (Å²) in [5.41, 5.74) is 1.21. The number of aromatic nitrogens is 3. The molecule has 0 bridgehead atoms. The second-order valence-corrected chi connectivity index (χ2v) is 6.06. The molecule has 146 valence electrons. The first kappa shape index (κ1) is 19.2. The second-order valence-electron chi connectivity index (χ2n) is 6.06. The SMILES string of the molecule is COc1nc(OC)nc(N2CCN(Cc3ccc4c(c3)OCO4)CC2)n1.Cl. The molecule has 2 aliphatic heterocycles. The number of piperazine rings is 1. The predicted octanol–water partition coefficient (Wildman–Crippen LogP) is 1.36. The van der Waals surface area contributed by atoms with Gasteiger partial charge in [-0.3, -0.25) is 4.90 Å². The molecule has 0 saturated carbocycles. The van der Waals surface area contributed by atoms with Crippen molar-refractivity contribution in [1.29, 1.82) is 0 Å². The topological polar surface area (TPSA) is 82.1 Å². The van der Waals surface area contributed by atoms with Crippen LogP contribution in [-0.2, 0) is 6.54 Å². The number of anilines is 1. The Balaban J connectivity index is 0.00000210. The number of halogens is 1. The molecule has 1 fully saturated rings. The summed E-state index contributed by atoms with van der Waals surface area (Å²) in [5, 5.41) is 0. The summed E-state index contributed by atoms with van der Waals surface area (Å²) in [6.07, 6.45) is 0. The quantitative estimate of drug-likeness (QED) is 0.745. The van der Waals surface area contributed by atoms with Gasteiger partial charge in [0.2, 0.25) is 12.7 Å². The first-order chi connectivity index (χ1) is 12.7. The van der Waals surface area contributed by atoms with E-state index in [-0.39, 0.29) is 24.4 Å². The third-order valence-electron chi connectivity index (χ3n) is 4.45. The van der Waals surface area contributed by atoms with Gasteiger partial charge in [-0.2, -0.15) is 9.97 Å². The lowest BCUT2D eigenvalue weighted by Gasteiger charge is -2.34. The van der Waals surface area contributed by atoms with Gasteiger partial charge in [0.05, 0.1) is 14.2 Å². The molecule has 4 rings (SSSR count). The Kier molecular flexibility index (Phi) is 6.02. The molecule has 1 saturated heterocycles. The lowest BCUT2D eigenvalue weighted by molar-refractivity contribution is 0.174. The third-order valence-corrected chi connectivity index (χ3v) is 4.45. The van der Waals surface area contributed by atoms with E-state index in [2.05, 4.69) is 36.9 Å². The van der Waals surface area contributed by atoms with Crippen LogP contribution in [0.1, 0.15) is 5.56 Å². The molecule has 3 heterocycles. The summed E-state index contributed by atoms with van der Waals surface area (Å²) >= 11 is 0. The zero-order chi connectivity index (χ0) is 17.9. The first-order valence-electron chi connectivity index (χ1n) is 8.45. The van der Waals surface area contributed by atoms with Crippen molar-refractivity contribution >= 4 is 18.4 Å². The summed E-state index contributed by atoms with van der Waals surface area (Å²) in [4.78, 5) is 17.2. The molecular formula is C17H22ClN5O4. The van der Waals surface area contributed by atoms with Crippen molar-refractivity contribution in [2.45, 2.75) is 6.54 Å². The Hall–Kier alpha value is -2.52. The van der Waals surface area contributed by atoms with Gasteiger partial charge in [0.1, 0.15) is 0 Å². The number of rotatable bonds is 5. The van der Waals surface area contributed by atoms with Crippen LogP contribution in [0.2, 0.25) is 0 Å². The molecule has 9 nitrogen and oxygen atoms in total. The van der Waals surface area contributed by atoms with Crippen molar-refractivity contribution in [3.8, 4) is 23.5 Å². The van der Waals surface area contributed by atoms with Crippen molar-refractivity contribution < 1.29 is 18.9 Å². The molecule has 0 aliphatic carbocycles. The molecule has 2 aliphatic rings. The predicted molar refractivity (Wildman–Crippen MR) is 100 cm³/mol. The van der Waals surface area contributed by atoms with Crippen LogP contribution >= 0.6 is 12.4 Å². The zero-order valence-corrected chi connectivity index (χ0v) is 16.1. The number of fused-ring (bicyclic) bond motifs is 1. The third kappa shape index (κ3) is 4.25. The second kappa shape index (κ2) is 8.45. The molecule has 0 atom stereocenters. The number of benzene rings is 1. The minimum atomic E-state index is 0. The van der Waals surface area contributed by atoms with Gasteiger partial charge in [-0.15, -0.1) is 17.4 Å². The van der Waals surface area contributed by atoms with Crippen molar-refractivity contribution in [3.05, 3.63) is 23.8 Å². The van der Waals surface area contributed by atoms with Crippen LogP contribution in [0.5, 0.6) is 23.5 Å². The highest BCUT2D eigenvalue weighted by atomic mass is 35.5. The Morgan fingerprint density at radius 2 is 1.59 bits per heavy atom. The standard InChI is InChI=1S/C17H21N5O4.ClH/c1-23-16-18-15(19-17(20-16)24-2)22-7-5-21(6-8-22)10-12-3-4-13-14(9-12)26-11-25-13;/h3-4,9H,5-8,10-11H2,1-2H3;1H. The van der Waals surface area contributed by atoms with Gasteiger partial charge in [-0.05, 0) is 17.7 Å². The molecule has 10 heteroatoms. The number of methoxy groups -OCH3 is 2. The molecule has 2 aromatic rings. The minimum absolute atomic E-state index is 0. The number of ether oxygens (including phenoxy) is 4. The summed E-state index contributed by atoms with van der Waals surface area (Å²) in [7, 11) is 3.06. The summed E-state index contributed by atoms with van der Waals surface area (Å²) in [6, 6.07) is 6.62. The largest absolute Gasteiger partial charge is 0.467 e. The molecule has 27 heavy (non-hydrogen) atoms. The molecular weight excluding hydrogens is 374 g/mol. The minimum Gasteiger partial charge on any atom is -0.467 e. The van der Waals surface area contributed by atoms with Crippen molar-refractivity contribution in [3.63, 3.8) is 0 Å². The van der Waals surface area contributed by atoms with Crippen LogP contribution in [0, 0.1) is 0 Å². The van der Waals surface area contributed by atoms with Crippen LogP contribution in [0.3, 0.4) is 0 Å². The normalized spacial score (nSPS) is 16.0. The van der Waals surface area contributed by atoms with Gasteiger partial charge in [-0.25, -0.2) is 0 Å². The van der Waals surface area contributed by atoms with E-state index >= 15 is 0 Å². The fourth-order valence-electron chi connectivity index (χ4n) is 3.06. The van der Waals surface area contributed by atoms with Crippen molar-refractivity contribution in [2.24, 2.45) is 0 Å². The van der Waals surface area contributed by atoms with Crippen LogP contribution in [0.4, 0.5) is 5.95 Å². The van der Waals surface area contributed by atoms with Gasteiger partial charge >= 0.3 is 12.0 Å². The summed E-state index contributed by atoms with van der Waals surface area (Å²) in [5.74, 6) is 2.22. The van der Waals surface area contributed by atoms with E-state index in [9.17, 15) is 0 Å². The van der Waals surface area contributed by atoms with Crippen LogP contribution < -0.4 is 23.8 Å². The fraction of sp³-hybridized carbons (Fsp3) is 0.471. The van der Waals surface area contributed by atoms with Gasteiger partial charge in [0.25, 0.3) is 0 Å². The Morgan fingerprint density at radius 3 is 2.26 bits per heavy atom. The smallest absolute Gasteiger partial charge is 0.324 e. The average molecular weight is 396 g/mol. The average Bonchev–Trinajstić information content (AvgIpc) is 3.16. The Bertz CT molecular complexity index is 764. The highest BCUT2D eigenvalue weighted by molar-refractivity contribution is 5.85. The molecule has 1 aromatic carbocycles. The molecule has 0 amide bonds. The molecule has 0 unspecified atom stereocenters. The van der Waals surface area contributed by atoms with E-state index in [0.717, 1.165) is 44.2 Å². The monoisotopic (exact) mass is 395 g/mol. The maximum Gasteiger partial charge on any atom is 0.324 e.